The minimum Gasteiger partial charge on any atom is -0.493 e. The second kappa shape index (κ2) is 5.01. The molecule has 0 aliphatic heterocycles. The molecule has 100 valence electrons. The van der Waals surface area contributed by atoms with E-state index < -0.39 is 11.6 Å². The highest BCUT2D eigenvalue weighted by Crippen LogP contribution is 2.43. The Balaban J connectivity index is 2.81. The SMILES string of the molecule is COc1cc2oc(=O)ccc2c(OC)c1OC(C)=O. The summed E-state index contributed by atoms with van der Waals surface area (Å²) in [5, 5.41) is 0.513. The average molecular weight is 264 g/mol. The van der Waals surface area contributed by atoms with Crippen molar-refractivity contribution in [3.05, 3.63) is 28.6 Å². The van der Waals surface area contributed by atoms with Crippen LogP contribution in [0.25, 0.3) is 11.0 Å². The van der Waals surface area contributed by atoms with Crippen LogP contribution in [0.5, 0.6) is 17.2 Å². The molecule has 0 saturated carbocycles. The van der Waals surface area contributed by atoms with Crippen LogP contribution in [-0.2, 0) is 4.79 Å². The van der Waals surface area contributed by atoms with E-state index in [1.807, 2.05) is 0 Å². The van der Waals surface area contributed by atoms with Crippen LogP contribution in [0.15, 0.2) is 27.4 Å². The predicted octanol–water partition coefficient (Wildman–Crippen LogP) is 1.74. The molecule has 0 atom stereocenters. The molecule has 0 radical (unpaired) electrons. The lowest BCUT2D eigenvalue weighted by Gasteiger charge is -2.13. The summed E-state index contributed by atoms with van der Waals surface area (Å²) in [5.74, 6) is 0.161. The smallest absolute Gasteiger partial charge is 0.336 e. The van der Waals surface area contributed by atoms with Crippen molar-refractivity contribution in [2.45, 2.75) is 6.92 Å². The number of methoxy groups -OCH3 is 2. The van der Waals surface area contributed by atoms with Crippen LogP contribution in [0.1, 0.15) is 6.92 Å². The molecular weight excluding hydrogens is 252 g/mol. The number of fused-ring (bicyclic) bond motifs is 1. The molecule has 2 rings (SSSR count). The van der Waals surface area contributed by atoms with Gasteiger partial charge in [0, 0.05) is 19.1 Å². The van der Waals surface area contributed by atoms with Crippen LogP contribution in [0.4, 0.5) is 0 Å². The molecule has 0 saturated heterocycles. The summed E-state index contributed by atoms with van der Waals surface area (Å²) in [6.45, 7) is 1.27. The molecule has 1 heterocycles. The standard InChI is InChI=1S/C13H12O6/c1-7(14)18-13-10(16-2)6-9-8(12(13)17-3)4-5-11(15)19-9/h4-6H,1-3H3. The molecule has 0 fully saturated rings. The molecular formula is C13H12O6. The summed E-state index contributed by atoms with van der Waals surface area (Å²) >= 11 is 0. The highest BCUT2D eigenvalue weighted by atomic mass is 16.6. The summed E-state index contributed by atoms with van der Waals surface area (Å²) in [6, 6.07) is 4.26. The van der Waals surface area contributed by atoms with Gasteiger partial charge in [-0.25, -0.2) is 4.79 Å². The molecule has 2 aromatic rings. The van der Waals surface area contributed by atoms with Crippen molar-refractivity contribution in [3.8, 4) is 17.2 Å². The number of carbonyl (C=O) groups is 1. The van der Waals surface area contributed by atoms with Crippen LogP contribution in [-0.4, -0.2) is 20.2 Å². The van der Waals surface area contributed by atoms with E-state index >= 15 is 0 Å². The van der Waals surface area contributed by atoms with Crippen molar-refractivity contribution in [2.75, 3.05) is 14.2 Å². The van der Waals surface area contributed by atoms with E-state index in [1.165, 1.54) is 39.3 Å². The van der Waals surface area contributed by atoms with Crippen LogP contribution < -0.4 is 19.8 Å². The lowest BCUT2D eigenvalue weighted by atomic mass is 10.2. The van der Waals surface area contributed by atoms with Crippen molar-refractivity contribution in [1.29, 1.82) is 0 Å². The van der Waals surface area contributed by atoms with Crippen LogP contribution >= 0.6 is 0 Å². The van der Waals surface area contributed by atoms with Crippen LogP contribution in [0.2, 0.25) is 0 Å². The maximum atomic E-state index is 11.2. The minimum absolute atomic E-state index is 0.152. The van der Waals surface area contributed by atoms with Gasteiger partial charge in [-0.3, -0.25) is 4.79 Å². The van der Waals surface area contributed by atoms with Crippen LogP contribution in [0, 0.1) is 0 Å². The molecule has 0 aliphatic carbocycles. The zero-order chi connectivity index (χ0) is 14.0. The molecule has 0 spiro atoms. The van der Waals surface area contributed by atoms with Crippen molar-refractivity contribution < 1.29 is 23.4 Å². The fourth-order valence-corrected chi connectivity index (χ4v) is 1.74. The third kappa shape index (κ3) is 2.37. The fraction of sp³-hybridized carbons (Fsp3) is 0.231. The van der Waals surface area contributed by atoms with Gasteiger partial charge in [0.05, 0.1) is 19.6 Å². The quantitative estimate of drug-likeness (QED) is 0.477. The monoisotopic (exact) mass is 264 g/mol. The van der Waals surface area contributed by atoms with Gasteiger partial charge in [0.15, 0.2) is 11.5 Å². The summed E-state index contributed by atoms with van der Waals surface area (Å²) in [5.41, 5.74) is -0.200. The summed E-state index contributed by atoms with van der Waals surface area (Å²) in [6.07, 6.45) is 0. The highest BCUT2D eigenvalue weighted by molar-refractivity contribution is 5.90. The Morgan fingerprint density at radius 2 is 1.89 bits per heavy atom. The number of hydrogen-bond donors (Lipinski definition) is 0. The lowest BCUT2D eigenvalue weighted by molar-refractivity contribution is -0.132. The maximum absolute atomic E-state index is 11.2. The molecule has 0 amide bonds. The Hall–Kier alpha value is -2.50. The van der Waals surface area contributed by atoms with Gasteiger partial charge >= 0.3 is 11.6 Å². The van der Waals surface area contributed by atoms with Crippen molar-refractivity contribution >= 4 is 16.9 Å². The number of benzene rings is 1. The number of esters is 1. The van der Waals surface area contributed by atoms with E-state index in [1.54, 1.807) is 0 Å². The third-order valence-corrected chi connectivity index (χ3v) is 2.47. The summed E-state index contributed by atoms with van der Waals surface area (Å²) in [7, 11) is 2.83. The predicted molar refractivity (Wildman–Crippen MR) is 66.9 cm³/mol. The molecule has 6 nitrogen and oxygen atoms in total. The van der Waals surface area contributed by atoms with Crippen molar-refractivity contribution in [2.24, 2.45) is 0 Å². The Morgan fingerprint density at radius 3 is 2.47 bits per heavy atom. The van der Waals surface area contributed by atoms with Gasteiger partial charge in [0.1, 0.15) is 5.58 Å². The van der Waals surface area contributed by atoms with E-state index in [-0.39, 0.29) is 22.8 Å². The number of carbonyl (C=O) groups excluding carboxylic acids is 1. The minimum atomic E-state index is -0.506. The van der Waals surface area contributed by atoms with Gasteiger partial charge < -0.3 is 18.6 Å². The fourth-order valence-electron chi connectivity index (χ4n) is 1.74. The normalized spacial score (nSPS) is 10.3. The van der Waals surface area contributed by atoms with Crippen molar-refractivity contribution in [1.82, 2.24) is 0 Å². The largest absolute Gasteiger partial charge is 0.493 e. The summed E-state index contributed by atoms with van der Waals surface area (Å²) < 4.78 is 20.5. The average Bonchev–Trinajstić information content (AvgIpc) is 2.37. The molecule has 0 unspecified atom stereocenters. The molecule has 0 N–H and O–H groups in total. The Bertz CT molecular complexity index is 685. The second-order valence-corrected chi connectivity index (χ2v) is 3.70. The first-order valence-electron chi connectivity index (χ1n) is 5.44. The Kier molecular flexibility index (Phi) is 3.41. The number of hydrogen-bond acceptors (Lipinski definition) is 6. The van der Waals surface area contributed by atoms with Crippen molar-refractivity contribution in [3.63, 3.8) is 0 Å². The van der Waals surface area contributed by atoms with Gasteiger partial charge in [-0.1, -0.05) is 0 Å². The molecule has 1 aromatic heterocycles. The first-order chi connectivity index (χ1) is 9.06. The molecule has 6 heteroatoms. The van der Waals surface area contributed by atoms with Crippen LogP contribution in [0.3, 0.4) is 0 Å². The first-order valence-corrected chi connectivity index (χ1v) is 5.44. The topological polar surface area (TPSA) is 75.0 Å². The highest BCUT2D eigenvalue weighted by Gasteiger charge is 2.19. The van der Waals surface area contributed by atoms with Gasteiger partial charge in [-0.05, 0) is 6.07 Å². The zero-order valence-corrected chi connectivity index (χ0v) is 10.7. The number of rotatable bonds is 3. The molecule has 19 heavy (non-hydrogen) atoms. The maximum Gasteiger partial charge on any atom is 0.336 e. The van der Waals surface area contributed by atoms with Gasteiger partial charge in [0.2, 0.25) is 5.75 Å². The molecule has 1 aromatic carbocycles. The van der Waals surface area contributed by atoms with E-state index in [4.69, 9.17) is 18.6 Å². The Morgan fingerprint density at radius 1 is 1.16 bits per heavy atom. The number of ether oxygens (including phenoxy) is 3. The summed E-state index contributed by atoms with van der Waals surface area (Å²) in [4.78, 5) is 22.3. The van der Waals surface area contributed by atoms with E-state index in [0.29, 0.717) is 5.39 Å². The van der Waals surface area contributed by atoms with E-state index in [9.17, 15) is 9.59 Å². The van der Waals surface area contributed by atoms with E-state index in [2.05, 4.69) is 0 Å². The van der Waals surface area contributed by atoms with E-state index in [0.717, 1.165) is 0 Å². The van der Waals surface area contributed by atoms with Gasteiger partial charge in [-0.15, -0.1) is 0 Å². The molecule has 0 aliphatic rings. The van der Waals surface area contributed by atoms with Gasteiger partial charge in [-0.2, -0.15) is 0 Å². The first kappa shape index (κ1) is 12.9. The zero-order valence-electron chi connectivity index (χ0n) is 10.7. The lowest BCUT2D eigenvalue weighted by Crippen LogP contribution is -2.06. The second-order valence-electron chi connectivity index (χ2n) is 3.70. The third-order valence-electron chi connectivity index (χ3n) is 2.47. The van der Waals surface area contributed by atoms with Gasteiger partial charge in [0.25, 0.3) is 0 Å². The molecule has 0 bridgehead atoms. The Labute approximate surface area is 108 Å².